The molecule has 0 radical (unpaired) electrons. The molecule has 182 valence electrons. The third kappa shape index (κ3) is 5.06. The Morgan fingerprint density at radius 1 is 0.973 bits per heavy atom. The van der Waals surface area contributed by atoms with Crippen LogP contribution < -0.4 is 5.32 Å². The lowest BCUT2D eigenvalue weighted by Crippen LogP contribution is -2.31. The summed E-state index contributed by atoms with van der Waals surface area (Å²) in [6.45, 7) is 0. The molecule has 1 unspecified atom stereocenters. The van der Waals surface area contributed by atoms with Crippen LogP contribution in [0, 0.1) is 0 Å². The number of carbonyl (C=O) groups excluding carboxylic acids is 1. The second-order valence-corrected chi connectivity index (χ2v) is 10.2. The van der Waals surface area contributed by atoms with Crippen LogP contribution in [0.25, 0.3) is 23.1 Å². The van der Waals surface area contributed by atoms with Crippen molar-refractivity contribution >= 4 is 40.7 Å². The van der Waals surface area contributed by atoms with E-state index in [4.69, 9.17) is 0 Å². The smallest absolute Gasteiger partial charge is 0.252 e. The summed E-state index contributed by atoms with van der Waals surface area (Å²) in [5.74, 6) is -0.0330. The minimum absolute atomic E-state index is 0.0330. The normalized spacial score (nSPS) is 15.1. The van der Waals surface area contributed by atoms with Crippen LogP contribution in [0.1, 0.15) is 51.8 Å². The summed E-state index contributed by atoms with van der Waals surface area (Å²) in [7, 11) is 0. The van der Waals surface area contributed by atoms with Gasteiger partial charge in [-0.15, -0.1) is 0 Å². The van der Waals surface area contributed by atoms with E-state index < -0.39 is 0 Å². The van der Waals surface area contributed by atoms with Crippen LogP contribution >= 0.6 is 11.8 Å². The van der Waals surface area contributed by atoms with Crippen LogP contribution in [-0.2, 0) is 6.42 Å². The molecular formula is C31H26N4OS. The van der Waals surface area contributed by atoms with E-state index in [0.717, 1.165) is 51.3 Å². The van der Waals surface area contributed by atoms with E-state index in [1.54, 1.807) is 18.0 Å². The Morgan fingerprint density at radius 3 is 2.76 bits per heavy atom. The number of hydrogen-bond acceptors (Lipinski definition) is 4. The summed E-state index contributed by atoms with van der Waals surface area (Å²) in [6, 6.07) is 28.3. The third-order valence-corrected chi connectivity index (χ3v) is 7.76. The number of pyridine rings is 1. The predicted molar refractivity (Wildman–Crippen MR) is 149 cm³/mol. The fourth-order valence-electron chi connectivity index (χ4n) is 4.86. The van der Waals surface area contributed by atoms with Crippen molar-refractivity contribution in [1.82, 2.24) is 20.5 Å². The van der Waals surface area contributed by atoms with Gasteiger partial charge in [-0.3, -0.25) is 14.9 Å². The van der Waals surface area contributed by atoms with Gasteiger partial charge in [0.05, 0.1) is 28.5 Å². The van der Waals surface area contributed by atoms with Gasteiger partial charge in [-0.25, -0.2) is 0 Å². The number of benzene rings is 3. The molecule has 2 N–H and O–H groups in total. The highest BCUT2D eigenvalue weighted by atomic mass is 32.2. The number of nitrogens with zero attached hydrogens (tertiary/aromatic N) is 2. The summed E-state index contributed by atoms with van der Waals surface area (Å²) in [4.78, 5) is 19.7. The minimum Gasteiger partial charge on any atom is -0.345 e. The maximum absolute atomic E-state index is 13.4. The summed E-state index contributed by atoms with van der Waals surface area (Å²) >= 11 is 1.59. The molecule has 5 nitrogen and oxygen atoms in total. The van der Waals surface area contributed by atoms with Gasteiger partial charge < -0.3 is 5.32 Å². The molecule has 5 aromatic rings. The van der Waals surface area contributed by atoms with Crippen LogP contribution in [0.2, 0.25) is 0 Å². The van der Waals surface area contributed by atoms with E-state index in [1.807, 2.05) is 54.6 Å². The number of amides is 1. The Balaban J connectivity index is 1.21. The van der Waals surface area contributed by atoms with Gasteiger partial charge in [0.15, 0.2) is 0 Å². The Labute approximate surface area is 220 Å². The highest BCUT2D eigenvalue weighted by molar-refractivity contribution is 7.99. The van der Waals surface area contributed by atoms with Crippen molar-refractivity contribution in [2.75, 3.05) is 0 Å². The van der Waals surface area contributed by atoms with E-state index >= 15 is 0 Å². The Bertz CT molecular complexity index is 1590. The van der Waals surface area contributed by atoms with Crippen molar-refractivity contribution in [1.29, 1.82) is 0 Å². The molecule has 0 bridgehead atoms. The van der Waals surface area contributed by atoms with Gasteiger partial charge in [0.25, 0.3) is 5.91 Å². The summed E-state index contributed by atoms with van der Waals surface area (Å²) in [5.41, 5.74) is 5.97. The van der Waals surface area contributed by atoms with E-state index in [0.29, 0.717) is 5.56 Å². The first-order valence-electron chi connectivity index (χ1n) is 12.5. The Morgan fingerprint density at radius 2 is 1.84 bits per heavy atom. The molecule has 0 saturated heterocycles. The van der Waals surface area contributed by atoms with Crippen molar-refractivity contribution in [2.45, 2.75) is 35.1 Å². The highest BCUT2D eigenvalue weighted by Crippen LogP contribution is 2.34. The lowest BCUT2D eigenvalue weighted by molar-refractivity contribution is 0.0930. The first kappa shape index (κ1) is 23.3. The fourth-order valence-corrected chi connectivity index (χ4v) is 5.84. The summed E-state index contributed by atoms with van der Waals surface area (Å²) in [6.07, 6.45) is 8.83. The number of carbonyl (C=O) groups is 1. The summed E-state index contributed by atoms with van der Waals surface area (Å²) in [5, 5.41) is 11.9. The van der Waals surface area contributed by atoms with Crippen molar-refractivity contribution in [3.05, 3.63) is 119 Å². The van der Waals surface area contributed by atoms with Crippen LogP contribution in [0.3, 0.4) is 0 Å². The standard InChI is InChI=1S/C31H26N4OS/c36-31(33-27-13-7-9-21-8-1-2-11-24(21)27)26-12-3-4-14-30(26)37-23-16-17-25-28(34-35-29(25)20-23)18-15-22-10-5-6-19-32-22/h1-6,8,10-12,14-20,27H,7,9,13H2,(H,33,36)(H,34,35)/b18-15+. The SMILES string of the molecule is O=C(NC1CCCc2ccccc21)c1ccccc1Sc1ccc2c(/C=C/c3ccccn3)n[nH]c2c1. The molecule has 0 spiro atoms. The zero-order valence-corrected chi connectivity index (χ0v) is 21.0. The second-order valence-electron chi connectivity index (χ2n) is 9.12. The zero-order chi connectivity index (χ0) is 25.0. The maximum atomic E-state index is 13.4. The molecule has 0 aliphatic heterocycles. The van der Waals surface area contributed by atoms with Crippen molar-refractivity contribution in [2.24, 2.45) is 0 Å². The minimum atomic E-state index is -0.0330. The molecule has 0 saturated carbocycles. The topological polar surface area (TPSA) is 70.7 Å². The predicted octanol–water partition coefficient (Wildman–Crippen LogP) is 7.09. The highest BCUT2D eigenvalue weighted by Gasteiger charge is 2.23. The molecule has 6 rings (SSSR count). The first-order chi connectivity index (χ1) is 18.2. The number of rotatable bonds is 6. The second kappa shape index (κ2) is 10.4. The maximum Gasteiger partial charge on any atom is 0.252 e. The molecular weight excluding hydrogens is 476 g/mol. The van der Waals surface area contributed by atoms with Crippen LogP contribution in [0.5, 0.6) is 0 Å². The molecule has 37 heavy (non-hydrogen) atoms. The van der Waals surface area contributed by atoms with Gasteiger partial charge in [0.2, 0.25) is 0 Å². The monoisotopic (exact) mass is 502 g/mol. The molecule has 6 heteroatoms. The van der Waals surface area contributed by atoms with E-state index in [1.165, 1.54) is 11.1 Å². The van der Waals surface area contributed by atoms with Gasteiger partial charge in [-0.1, -0.05) is 54.2 Å². The number of aryl methyl sites for hydroxylation is 1. The lowest BCUT2D eigenvalue weighted by Gasteiger charge is -2.26. The average molecular weight is 503 g/mol. The number of hydrogen-bond donors (Lipinski definition) is 2. The quantitative estimate of drug-likeness (QED) is 0.260. The van der Waals surface area contributed by atoms with Crippen LogP contribution in [0.15, 0.2) is 101 Å². The van der Waals surface area contributed by atoms with Gasteiger partial charge in [0.1, 0.15) is 0 Å². The Hall–Kier alpha value is -4.16. The fraction of sp³-hybridized carbons (Fsp3) is 0.129. The zero-order valence-electron chi connectivity index (χ0n) is 20.2. The van der Waals surface area contributed by atoms with E-state index in [9.17, 15) is 4.79 Å². The lowest BCUT2D eigenvalue weighted by atomic mass is 9.87. The van der Waals surface area contributed by atoms with E-state index in [2.05, 4.69) is 63.0 Å². The van der Waals surface area contributed by atoms with Gasteiger partial charge in [-0.05, 0) is 85.0 Å². The number of H-pyrrole nitrogens is 1. The largest absolute Gasteiger partial charge is 0.345 e. The van der Waals surface area contributed by atoms with E-state index in [-0.39, 0.29) is 11.9 Å². The molecule has 1 amide bonds. The number of fused-ring (bicyclic) bond motifs is 2. The van der Waals surface area contributed by atoms with Crippen molar-refractivity contribution in [3.63, 3.8) is 0 Å². The van der Waals surface area contributed by atoms with Crippen molar-refractivity contribution < 1.29 is 4.79 Å². The first-order valence-corrected chi connectivity index (χ1v) is 13.3. The molecule has 0 fully saturated rings. The Kier molecular flexibility index (Phi) is 6.57. The van der Waals surface area contributed by atoms with Gasteiger partial charge >= 0.3 is 0 Å². The average Bonchev–Trinajstić information content (AvgIpc) is 3.35. The number of aromatic amines is 1. The van der Waals surface area contributed by atoms with Crippen LogP contribution in [0.4, 0.5) is 0 Å². The molecule has 1 atom stereocenters. The molecule has 1 aliphatic carbocycles. The number of nitrogens with one attached hydrogen (secondary N) is 2. The van der Waals surface area contributed by atoms with Gasteiger partial charge in [0, 0.05) is 21.4 Å². The summed E-state index contributed by atoms with van der Waals surface area (Å²) < 4.78 is 0. The van der Waals surface area contributed by atoms with Crippen LogP contribution in [-0.4, -0.2) is 21.1 Å². The molecule has 2 aromatic heterocycles. The molecule has 1 aliphatic rings. The molecule has 2 heterocycles. The van der Waals surface area contributed by atoms with Crippen molar-refractivity contribution in [3.8, 4) is 0 Å². The number of aromatic nitrogens is 3. The molecule has 3 aromatic carbocycles. The van der Waals surface area contributed by atoms with Gasteiger partial charge in [-0.2, -0.15) is 5.10 Å². The third-order valence-electron chi connectivity index (χ3n) is 6.70.